The molecule has 0 unspecified atom stereocenters. The van der Waals surface area contributed by atoms with E-state index in [9.17, 15) is 13.2 Å². The van der Waals surface area contributed by atoms with Crippen LogP contribution in [0.15, 0.2) is 16.3 Å². The van der Waals surface area contributed by atoms with Gasteiger partial charge in [-0.05, 0) is 30.9 Å². The molecule has 0 spiro atoms. The van der Waals surface area contributed by atoms with Crippen LogP contribution in [0.2, 0.25) is 0 Å². The van der Waals surface area contributed by atoms with Crippen molar-refractivity contribution in [2.75, 3.05) is 20.1 Å². The highest BCUT2D eigenvalue weighted by molar-refractivity contribution is 7.91. The Bertz CT molecular complexity index is 557. The number of rotatable bonds is 3. The van der Waals surface area contributed by atoms with Gasteiger partial charge in [-0.2, -0.15) is 4.31 Å². The summed E-state index contributed by atoms with van der Waals surface area (Å²) in [6.45, 7) is 3.27. The lowest BCUT2D eigenvalue weighted by Gasteiger charge is -2.28. The van der Waals surface area contributed by atoms with Crippen molar-refractivity contribution in [2.45, 2.75) is 24.0 Å². The maximum Gasteiger partial charge on any atom is 0.261 e. The van der Waals surface area contributed by atoms with Crippen LogP contribution < -0.4 is 5.32 Å². The Balaban J connectivity index is 2.20. The van der Waals surface area contributed by atoms with Gasteiger partial charge in [-0.3, -0.25) is 4.79 Å². The van der Waals surface area contributed by atoms with Crippen LogP contribution in [0.25, 0.3) is 0 Å². The summed E-state index contributed by atoms with van der Waals surface area (Å²) in [5.74, 6) is 0.329. The largest absolute Gasteiger partial charge is 0.354 e. The molecule has 1 N–H and O–H groups in total. The predicted octanol–water partition coefficient (Wildman–Crippen LogP) is 1.53. The first-order chi connectivity index (χ1) is 8.95. The Morgan fingerprint density at radius 3 is 2.58 bits per heavy atom. The van der Waals surface area contributed by atoms with Gasteiger partial charge in [0.05, 0.1) is 4.88 Å². The van der Waals surface area contributed by atoms with Crippen molar-refractivity contribution >= 4 is 27.3 Å². The molecule has 0 aromatic carbocycles. The van der Waals surface area contributed by atoms with Gasteiger partial charge in [-0.25, -0.2) is 8.42 Å². The highest BCUT2D eigenvalue weighted by Gasteiger charge is 2.29. The van der Waals surface area contributed by atoms with Crippen molar-refractivity contribution in [1.82, 2.24) is 9.62 Å². The van der Waals surface area contributed by atoms with Gasteiger partial charge in [0.1, 0.15) is 4.21 Å². The SMILES string of the molecule is CNC(=O)c1ccc(S(=O)(=O)N2CCC(C)CC2)s1. The van der Waals surface area contributed by atoms with E-state index < -0.39 is 10.0 Å². The fourth-order valence-electron chi connectivity index (χ4n) is 2.06. The Kier molecular flexibility index (Phi) is 4.27. The van der Waals surface area contributed by atoms with E-state index in [1.165, 1.54) is 17.4 Å². The molecular weight excluding hydrogens is 284 g/mol. The van der Waals surface area contributed by atoms with Gasteiger partial charge >= 0.3 is 0 Å². The molecule has 0 saturated carbocycles. The molecule has 1 saturated heterocycles. The van der Waals surface area contributed by atoms with Gasteiger partial charge in [0.25, 0.3) is 15.9 Å². The zero-order valence-electron chi connectivity index (χ0n) is 11.0. The molecule has 1 aliphatic heterocycles. The van der Waals surface area contributed by atoms with E-state index in [0.29, 0.717) is 23.9 Å². The third-order valence-corrected chi connectivity index (χ3v) is 6.82. The van der Waals surface area contributed by atoms with E-state index in [2.05, 4.69) is 12.2 Å². The van der Waals surface area contributed by atoms with E-state index in [0.717, 1.165) is 24.2 Å². The molecule has 1 aromatic heterocycles. The molecule has 0 aliphatic carbocycles. The Hall–Kier alpha value is -0.920. The average molecular weight is 302 g/mol. The Morgan fingerprint density at radius 1 is 1.37 bits per heavy atom. The van der Waals surface area contributed by atoms with E-state index in [-0.39, 0.29) is 10.1 Å². The van der Waals surface area contributed by atoms with E-state index >= 15 is 0 Å². The first-order valence-electron chi connectivity index (χ1n) is 6.27. The fraction of sp³-hybridized carbons (Fsp3) is 0.583. The predicted molar refractivity (Wildman–Crippen MR) is 74.9 cm³/mol. The summed E-state index contributed by atoms with van der Waals surface area (Å²) in [4.78, 5) is 11.9. The minimum absolute atomic E-state index is 0.251. The summed E-state index contributed by atoms with van der Waals surface area (Å²) in [5, 5.41) is 2.49. The number of piperidine rings is 1. The zero-order valence-corrected chi connectivity index (χ0v) is 12.7. The zero-order chi connectivity index (χ0) is 14.0. The summed E-state index contributed by atoms with van der Waals surface area (Å²) in [7, 11) is -1.90. The van der Waals surface area contributed by atoms with Crippen LogP contribution in [0.4, 0.5) is 0 Å². The minimum atomic E-state index is -3.43. The van der Waals surface area contributed by atoms with Crippen LogP contribution in [0.5, 0.6) is 0 Å². The first kappa shape index (κ1) is 14.5. The van der Waals surface area contributed by atoms with Crippen molar-refractivity contribution < 1.29 is 13.2 Å². The Labute approximate surface area is 117 Å². The summed E-state index contributed by atoms with van der Waals surface area (Å²) in [6, 6.07) is 3.07. The quantitative estimate of drug-likeness (QED) is 0.921. The lowest BCUT2D eigenvalue weighted by molar-refractivity contribution is 0.0967. The summed E-state index contributed by atoms with van der Waals surface area (Å²) in [6.07, 6.45) is 1.79. The van der Waals surface area contributed by atoms with Crippen LogP contribution in [-0.2, 0) is 10.0 Å². The molecule has 19 heavy (non-hydrogen) atoms. The summed E-state index contributed by atoms with van der Waals surface area (Å²) < 4.78 is 26.6. The van der Waals surface area contributed by atoms with Crippen LogP contribution in [0.1, 0.15) is 29.4 Å². The number of nitrogens with one attached hydrogen (secondary N) is 1. The monoisotopic (exact) mass is 302 g/mol. The molecular formula is C12H18N2O3S2. The Morgan fingerprint density at radius 2 is 2.00 bits per heavy atom. The van der Waals surface area contributed by atoms with Gasteiger partial charge < -0.3 is 5.32 Å². The highest BCUT2D eigenvalue weighted by Crippen LogP contribution is 2.28. The van der Waals surface area contributed by atoms with Crippen molar-refractivity contribution in [2.24, 2.45) is 5.92 Å². The highest BCUT2D eigenvalue weighted by atomic mass is 32.2. The smallest absolute Gasteiger partial charge is 0.261 e. The third-order valence-electron chi connectivity index (χ3n) is 3.37. The average Bonchev–Trinajstić information content (AvgIpc) is 2.88. The number of nitrogens with zero attached hydrogens (tertiary/aromatic N) is 1. The maximum atomic E-state index is 12.4. The summed E-state index contributed by atoms with van der Waals surface area (Å²) in [5.41, 5.74) is 0. The van der Waals surface area contributed by atoms with E-state index in [1.807, 2.05) is 0 Å². The number of amides is 1. The second kappa shape index (κ2) is 5.60. The number of hydrogen-bond donors (Lipinski definition) is 1. The molecule has 5 nitrogen and oxygen atoms in total. The van der Waals surface area contributed by atoms with Gasteiger partial charge in [0.15, 0.2) is 0 Å². The normalized spacial score (nSPS) is 18.4. The summed E-state index contributed by atoms with van der Waals surface area (Å²) >= 11 is 1.03. The second-order valence-corrected chi connectivity index (χ2v) is 8.03. The topological polar surface area (TPSA) is 66.5 Å². The van der Waals surface area contributed by atoms with Crippen LogP contribution in [0.3, 0.4) is 0 Å². The van der Waals surface area contributed by atoms with Crippen molar-refractivity contribution in [1.29, 1.82) is 0 Å². The van der Waals surface area contributed by atoms with Crippen LogP contribution in [-0.4, -0.2) is 38.8 Å². The lowest BCUT2D eigenvalue weighted by atomic mass is 10.0. The number of hydrogen-bond acceptors (Lipinski definition) is 4. The first-order valence-corrected chi connectivity index (χ1v) is 8.53. The van der Waals surface area contributed by atoms with Gasteiger partial charge in [0.2, 0.25) is 0 Å². The standard InChI is InChI=1S/C12H18N2O3S2/c1-9-5-7-14(8-6-9)19(16,17)11-4-3-10(18-11)12(15)13-2/h3-4,9H,5-8H2,1-2H3,(H,13,15). The molecule has 7 heteroatoms. The fourth-order valence-corrected chi connectivity index (χ4v) is 4.93. The molecule has 106 valence electrons. The molecule has 0 radical (unpaired) electrons. The number of carbonyl (C=O) groups is 1. The van der Waals surface area contributed by atoms with E-state index in [4.69, 9.17) is 0 Å². The number of sulfonamides is 1. The van der Waals surface area contributed by atoms with Crippen LogP contribution in [0, 0.1) is 5.92 Å². The molecule has 0 atom stereocenters. The van der Waals surface area contributed by atoms with Gasteiger partial charge in [-0.1, -0.05) is 6.92 Å². The molecule has 1 aromatic rings. The van der Waals surface area contributed by atoms with Crippen molar-refractivity contribution in [3.8, 4) is 0 Å². The molecule has 1 fully saturated rings. The van der Waals surface area contributed by atoms with Gasteiger partial charge in [0, 0.05) is 20.1 Å². The lowest BCUT2D eigenvalue weighted by Crippen LogP contribution is -2.37. The van der Waals surface area contributed by atoms with E-state index in [1.54, 1.807) is 6.07 Å². The third kappa shape index (κ3) is 2.98. The van der Waals surface area contributed by atoms with Gasteiger partial charge in [-0.15, -0.1) is 11.3 Å². The van der Waals surface area contributed by atoms with Crippen LogP contribution >= 0.6 is 11.3 Å². The second-order valence-electron chi connectivity index (χ2n) is 4.78. The molecule has 0 bridgehead atoms. The minimum Gasteiger partial charge on any atom is -0.354 e. The van der Waals surface area contributed by atoms with Crippen molar-refractivity contribution in [3.05, 3.63) is 17.0 Å². The number of thiophene rings is 1. The molecule has 1 aliphatic rings. The van der Waals surface area contributed by atoms with Crippen molar-refractivity contribution in [3.63, 3.8) is 0 Å². The molecule has 1 amide bonds. The maximum absolute atomic E-state index is 12.4. The molecule has 2 rings (SSSR count). The number of carbonyl (C=O) groups excluding carboxylic acids is 1. The molecule has 2 heterocycles.